The molecule has 0 bridgehead atoms. The van der Waals surface area contributed by atoms with E-state index >= 15 is 0 Å². The lowest BCUT2D eigenvalue weighted by Gasteiger charge is -2.00. The van der Waals surface area contributed by atoms with E-state index in [1.807, 2.05) is 0 Å². The third kappa shape index (κ3) is 1.61. The molecular weight excluding hydrogens is 152 g/mol. The van der Waals surface area contributed by atoms with Crippen molar-refractivity contribution in [2.75, 3.05) is 11.5 Å². The SMILES string of the molecule is N#CNC1CCS(=O)(=O)C1. The number of nitrogens with one attached hydrogen (secondary N) is 1. The van der Waals surface area contributed by atoms with Crippen LogP contribution in [-0.4, -0.2) is 26.0 Å². The van der Waals surface area contributed by atoms with Crippen molar-refractivity contribution in [3.63, 3.8) is 0 Å². The third-order valence-electron chi connectivity index (χ3n) is 1.50. The standard InChI is InChI=1S/C5H8N2O2S/c6-4-7-5-1-2-10(8,9)3-5/h5,7H,1-3H2. The monoisotopic (exact) mass is 160 g/mol. The summed E-state index contributed by atoms with van der Waals surface area (Å²) in [6, 6.07) is -0.144. The second-order valence-electron chi connectivity index (χ2n) is 2.36. The van der Waals surface area contributed by atoms with Crippen LogP contribution in [0.5, 0.6) is 0 Å². The highest BCUT2D eigenvalue weighted by atomic mass is 32.2. The highest BCUT2D eigenvalue weighted by molar-refractivity contribution is 7.91. The minimum atomic E-state index is -2.83. The molecule has 10 heavy (non-hydrogen) atoms. The van der Waals surface area contributed by atoms with Crippen molar-refractivity contribution < 1.29 is 8.42 Å². The number of nitrogens with zero attached hydrogens (tertiary/aromatic N) is 1. The predicted octanol–water partition coefficient (Wildman–Crippen LogP) is -0.756. The van der Waals surface area contributed by atoms with E-state index in [0.717, 1.165) is 0 Å². The maximum atomic E-state index is 10.8. The van der Waals surface area contributed by atoms with E-state index in [1.54, 1.807) is 6.19 Å². The molecule has 1 aliphatic rings. The van der Waals surface area contributed by atoms with Crippen molar-refractivity contribution >= 4 is 9.84 Å². The van der Waals surface area contributed by atoms with Gasteiger partial charge in [0.05, 0.1) is 17.5 Å². The average molecular weight is 160 g/mol. The first kappa shape index (κ1) is 7.35. The molecule has 0 aliphatic carbocycles. The molecule has 0 saturated carbocycles. The number of hydrogen-bond donors (Lipinski definition) is 1. The summed E-state index contributed by atoms with van der Waals surface area (Å²) in [5.41, 5.74) is 0. The molecule has 4 nitrogen and oxygen atoms in total. The Morgan fingerprint density at radius 1 is 1.60 bits per heavy atom. The van der Waals surface area contributed by atoms with Gasteiger partial charge in [-0.25, -0.2) is 8.42 Å². The lowest BCUT2D eigenvalue weighted by atomic mass is 10.3. The molecule has 1 saturated heterocycles. The minimum Gasteiger partial charge on any atom is -0.320 e. The van der Waals surface area contributed by atoms with Crippen LogP contribution in [0.25, 0.3) is 0 Å². The Labute approximate surface area is 59.8 Å². The van der Waals surface area contributed by atoms with Gasteiger partial charge < -0.3 is 5.32 Å². The quantitative estimate of drug-likeness (QED) is 0.404. The molecule has 56 valence electrons. The molecule has 0 amide bonds. The van der Waals surface area contributed by atoms with Gasteiger partial charge >= 0.3 is 0 Å². The van der Waals surface area contributed by atoms with Crippen LogP contribution in [0.4, 0.5) is 0 Å². The summed E-state index contributed by atoms with van der Waals surface area (Å²) in [5, 5.41) is 10.6. The third-order valence-corrected chi connectivity index (χ3v) is 3.27. The number of rotatable bonds is 1. The van der Waals surface area contributed by atoms with Gasteiger partial charge in [0.1, 0.15) is 0 Å². The van der Waals surface area contributed by atoms with Gasteiger partial charge in [-0.3, -0.25) is 0 Å². The van der Waals surface area contributed by atoms with Crippen molar-refractivity contribution in [3.05, 3.63) is 0 Å². The van der Waals surface area contributed by atoms with E-state index in [2.05, 4.69) is 5.32 Å². The van der Waals surface area contributed by atoms with Crippen LogP contribution in [0.3, 0.4) is 0 Å². The summed E-state index contributed by atoms with van der Waals surface area (Å²) >= 11 is 0. The van der Waals surface area contributed by atoms with Gasteiger partial charge in [0, 0.05) is 0 Å². The minimum absolute atomic E-state index is 0.112. The van der Waals surface area contributed by atoms with E-state index in [-0.39, 0.29) is 17.5 Å². The van der Waals surface area contributed by atoms with Crippen LogP contribution in [0.1, 0.15) is 6.42 Å². The summed E-state index contributed by atoms with van der Waals surface area (Å²) in [7, 11) is -2.83. The summed E-state index contributed by atoms with van der Waals surface area (Å²) in [6.45, 7) is 0. The molecule has 1 atom stereocenters. The summed E-state index contributed by atoms with van der Waals surface area (Å²) < 4.78 is 21.5. The molecular formula is C5H8N2O2S. The van der Waals surface area contributed by atoms with Crippen LogP contribution in [0, 0.1) is 11.5 Å². The molecule has 0 aromatic heterocycles. The van der Waals surface area contributed by atoms with Gasteiger partial charge in [-0.15, -0.1) is 0 Å². The maximum Gasteiger partial charge on any atom is 0.176 e. The maximum absolute atomic E-state index is 10.8. The lowest BCUT2D eigenvalue weighted by molar-refractivity contribution is 0.599. The molecule has 1 N–H and O–H groups in total. The van der Waals surface area contributed by atoms with E-state index in [9.17, 15) is 8.42 Å². The second kappa shape index (κ2) is 2.46. The molecule has 0 spiro atoms. The summed E-state index contributed by atoms with van der Waals surface area (Å²) in [4.78, 5) is 0. The van der Waals surface area contributed by atoms with Gasteiger partial charge in [-0.05, 0) is 6.42 Å². The first-order valence-electron chi connectivity index (χ1n) is 2.99. The molecule has 1 fully saturated rings. The molecule has 1 rings (SSSR count). The Hall–Kier alpha value is -0.760. The van der Waals surface area contributed by atoms with E-state index in [1.165, 1.54) is 0 Å². The van der Waals surface area contributed by atoms with Crippen LogP contribution < -0.4 is 5.32 Å². The van der Waals surface area contributed by atoms with Gasteiger partial charge in [0.15, 0.2) is 16.0 Å². The number of hydrogen-bond acceptors (Lipinski definition) is 4. The smallest absolute Gasteiger partial charge is 0.176 e. The van der Waals surface area contributed by atoms with Crippen LogP contribution in [-0.2, 0) is 9.84 Å². The fourth-order valence-corrected chi connectivity index (χ4v) is 2.67. The fraction of sp³-hybridized carbons (Fsp3) is 0.800. The first-order valence-corrected chi connectivity index (χ1v) is 4.81. The largest absolute Gasteiger partial charge is 0.320 e. The van der Waals surface area contributed by atoms with Gasteiger partial charge in [-0.1, -0.05) is 0 Å². The zero-order valence-electron chi connectivity index (χ0n) is 5.37. The summed E-state index contributed by atoms with van der Waals surface area (Å²) in [6.07, 6.45) is 2.30. The molecule has 0 aromatic carbocycles. The zero-order chi connectivity index (χ0) is 7.61. The summed E-state index contributed by atoms with van der Waals surface area (Å²) in [5.74, 6) is 0.326. The Bertz CT molecular complexity index is 251. The Balaban J connectivity index is 2.54. The molecule has 1 heterocycles. The second-order valence-corrected chi connectivity index (χ2v) is 4.58. The van der Waals surface area contributed by atoms with Crippen molar-refractivity contribution in [3.8, 4) is 6.19 Å². The average Bonchev–Trinajstić information content (AvgIpc) is 2.12. The molecule has 1 unspecified atom stereocenters. The van der Waals surface area contributed by atoms with Crippen molar-refractivity contribution in [2.24, 2.45) is 0 Å². The lowest BCUT2D eigenvalue weighted by Crippen LogP contribution is -2.25. The molecule has 5 heteroatoms. The van der Waals surface area contributed by atoms with E-state index < -0.39 is 9.84 Å². The van der Waals surface area contributed by atoms with Gasteiger partial charge in [0.2, 0.25) is 0 Å². The Morgan fingerprint density at radius 2 is 2.30 bits per heavy atom. The van der Waals surface area contributed by atoms with Crippen LogP contribution in [0.15, 0.2) is 0 Å². The Kier molecular flexibility index (Phi) is 1.81. The van der Waals surface area contributed by atoms with E-state index in [0.29, 0.717) is 6.42 Å². The highest BCUT2D eigenvalue weighted by Crippen LogP contribution is 2.10. The molecule has 0 radical (unpaired) electrons. The predicted molar refractivity (Wildman–Crippen MR) is 35.8 cm³/mol. The van der Waals surface area contributed by atoms with Crippen molar-refractivity contribution in [1.29, 1.82) is 5.26 Å². The Morgan fingerprint density at radius 3 is 2.70 bits per heavy atom. The molecule has 1 aliphatic heterocycles. The first-order chi connectivity index (χ1) is 4.64. The number of nitriles is 1. The molecule has 0 aromatic rings. The van der Waals surface area contributed by atoms with Crippen molar-refractivity contribution in [1.82, 2.24) is 5.32 Å². The van der Waals surface area contributed by atoms with Crippen LogP contribution in [0.2, 0.25) is 0 Å². The van der Waals surface area contributed by atoms with E-state index in [4.69, 9.17) is 5.26 Å². The van der Waals surface area contributed by atoms with Crippen LogP contribution >= 0.6 is 0 Å². The number of sulfone groups is 1. The fourth-order valence-electron chi connectivity index (χ4n) is 1.00. The van der Waals surface area contributed by atoms with Gasteiger partial charge in [-0.2, -0.15) is 5.26 Å². The highest BCUT2D eigenvalue weighted by Gasteiger charge is 2.27. The van der Waals surface area contributed by atoms with Crippen molar-refractivity contribution in [2.45, 2.75) is 12.5 Å². The zero-order valence-corrected chi connectivity index (χ0v) is 6.19. The van der Waals surface area contributed by atoms with Gasteiger partial charge in [0.25, 0.3) is 0 Å². The topological polar surface area (TPSA) is 70.0 Å². The normalized spacial score (nSPS) is 29.3.